The maximum atomic E-state index is 5.92. The lowest BCUT2D eigenvalue weighted by atomic mass is 10.1. The third kappa shape index (κ3) is 3.81. The number of hydrogen-bond acceptors (Lipinski definition) is 3. The van der Waals surface area contributed by atoms with E-state index >= 15 is 0 Å². The van der Waals surface area contributed by atoms with Crippen molar-refractivity contribution in [3.63, 3.8) is 0 Å². The standard InChI is InChI=1S/C15H20N4S/c1-4-12-6-5-7-13(8-12)19-15(16)17-9-14-10(2)20-11(3)18-14/h5-8H,4,9H2,1-3H3,(H3,16,17,19). The number of benzene rings is 1. The van der Waals surface area contributed by atoms with Crippen molar-refractivity contribution < 1.29 is 0 Å². The van der Waals surface area contributed by atoms with Crippen molar-refractivity contribution in [2.45, 2.75) is 33.7 Å². The number of hydrogen-bond donors (Lipinski definition) is 2. The second kappa shape index (κ2) is 6.52. The van der Waals surface area contributed by atoms with Gasteiger partial charge in [-0.1, -0.05) is 19.1 Å². The number of nitrogens with zero attached hydrogens (tertiary/aromatic N) is 2. The number of anilines is 1. The molecule has 1 aromatic carbocycles. The molecule has 1 aromatic heterocycles. The van der Waals surface area contributed by atoms with Gasteiger partial charge in [0.1, 0.15) is 0 Å². The van der Waals surface area contributed by atoms with E-state index < -0.39 is 0 Å². The minimum absolute atomic E-state index is 0.420. The predicted molar refractivity (Wildman–Crippen MR) is 86.4 cm³/mol. The van der Waals surface area contributed by atoms with Crippen LogP contribution in [0.25, 0.3) is 0 Å². The summed E-state index contributed by atoms with van der Waals surface area (Å²) in [5, 5.41) is 4.18. The van der Waals surface area contributed by atoms with Crippen LogP contribution in [0.5, 0.6) is 0 Å². The Hall–Kier alpha value is -1.88. The van der Waals surface area contributed by atoms with Crippen LogP contribution in [-0.2, 0) is 13.0 Å². The van der Waals surface area contributed by atoms with Gasteiger partial charge >= 0.3 is 0 Å². The van der Waals surface area contributed by atoms with Gasteiger partial charge in [-0.2, -0.15) is 0 Å². The maximum Gasteiger partial charge on any atom is 0.193 e. The number of aromatic nitrogens is 1. The quantitative estimate of drug-likeness (QED) is 0.670. The zero-order valence-electron chi connectivity index (χ0n) is 12.1. The largest absolute Gasteiger partial charge is 0.370 e. The first-order valence-electron chi connectivity index (χ1n) is 6.67. The Balaban J connectivity index is 2.02. The van der Waals surface area contributed by atoms with Crippen molar-refractivity contribution in [1.29, 1.82) is 0 Å². The summed E-state index contributed by atoms with van der Waals surface area (Å²) in [6, 6.07) is 8.18. The molecular weight excluding hydrogens is 268 g/mol. The Labute approximate surface area is 123 Å². The smallest absolute Gasteiger partial charge is 0.193 e. The van der Waals surface area contributed by atoms with Gasteiger partial charge in [0.25, 0.3) is 0 Å². The Kier molecular flexibility index (Phi) is 4.74. The van der Waals surface area contributed by atoms with Gasteiger partial charge in [0, 0.05) is 10.6 Å². The number of nitrogens with two attached hydrogens (primary N) is 1. The Morgan fingerprint density at radius 1 is 1.40 bits per heavy atom. The summed E-state index contributed by atoms with van der Waals surface area (Å²) in [4.78, 5) is 9.99. The van der Waals surface area contributed by atoms with Crippen LogP contribution in [0.4, 0.5) is 5.69 Å². The second-order valence-electron chi connectivity index (χ2n) is 4.62. The van der Waals surface area contributed by atoms with Crippen LogP contribution < -0.4 is 11.1 Å². The summed E-state index contributed by atoms with van der Waals surface area (Å²) in [5.41, 5.74) is 9.16. The SMILES string of the molecule is CCc1cccc(NC(N)=NCc2nc(C)sc2C)c1. The van der Waals surface area contributed by atoms with Crippen LogP contribution in [0.3, 0.4) is 0 Å². The number of aryl methyl sites for hydroxylation is 3. The van der Waals surface area contributed by atoms with Gasteiger partial charge in [-0.3, -0.25) is 0 Å². The molecule has 0 amide bonds. The van der Waals surface area contributed by atoms with E-state index in [0.29, 0.717) is 12.5 Å². The summed E-state index contributed by atoms with van der Waals surface area (Å²) < 4.78 is 0. The summed E-state index contributed by atoms with van der Waals surface area (Å²) in [7, 11) is 0. The first kappa shape index (κ1) is 14.5. The molecule has 1 heterocycles. The molecule has 3 N–H and O–H groups in total. The highest BCUT2D eigenvalue weighted by molar-refractivity contribution is 7.11. The Bertz CT molecular complexity index is 616. The lowest BCUT2D eigenvalue weighted by Crippen LogP contribution is -2.22. The molecule has 0 bridgehead atoms. The van der Waals surface area contributed by atoms with Gasteiger partial charge in [0.15, 0.2) is 5.96 Å². The van der Waals surface area contributed by atoms with Gasteiger partial charge in [0.05, 0.1) is 17.2 Å². The fourth-order valence-corrected chi connectivity index (χ4v) is 2.76. The summed E-state index contributed by atoms with van der Waals surface area (Å²) in [6.07, 6.45) is 1.00. The fourth-order valence-electron chi connectivity index (χ4n) is 1.94. The molecule has 2 rings (SSSR count). The van der Waals surface area contributed by atoms with Crippen molar-refractivity contribution in [2.75, 3.05) is 5.32 Å². The molecule has 0 unspecified atom stereocenters. The number of aliphatic imine (C=N–C) groups is 1. The van der Waals surface area contributed by atoms with E-state index in [2.05, 4.69) is 41.3 Å². The summed E-state index contributed by atoms with van der Waals surface area (Å²) >= 11 is 1.69. The lowest BCUT2D eigenvalue weighted by Gasteiger charge is -2.06. The molecule has 0 saturated carbocycles. The highest BCUT2D eigenvalue weighted by Gasteiger charge is 2.04. The minimum atomic E-state index is 0.420. The van der Waals surface area contributed by atoms with Crippen molar-refractivity contribution in [1.82, 2.24) is 4.98 Å². The van der Waals surface area contributed by atoms with Crippen LogP contribution in [0.2, 0.25) is 0 Å². The number of thiazole rings is 1. The number of guanidine groups is 1. The molecule has 5 heteroatoms. The Morgan fingerprint density at radius 2 is 2.20 bits per heavy atom. The molecule has 2 aromatic rings. The zero-order valence-corrected chi connectivity index (χ0v) is 12.9. The molecule has 0 saturated heterocycles. The van der Waals surface area contributed by atoms with Crippen molar-refractivity contribution in [2.24, 2.45) is 10.7 Å². The fraction of sp³-hybridized carbons (Fsp3) is 0.333. The molecule has 0 aliphatic heterocycles. The zero-order chi connectivity index (χ0) is 14.5. The normalized spacial score (nSPS) is 11.7. The van der Waals surface area contributed by atoms with Gasteiger partial charge in [-0.15, -0.1) is 11.3 Å². The van der Waals surface area contributed by atoms with Crippen LogP contribution in [-0.4, -0.2) is 10.9 Å². The minimum Gasteiger partial charge on any atom is -0.370 e. The van der Waals surface area contributed by atoms with Crippen LogP contribution in [0, 0.1) is 13.8 Å². The molecule has 0 aliphatic carbocycles. The highest BCUT2D eigenvalue weighted by atomic mass is 32.1. The van der Waals surface area contributed by atoms with Gasteiger partial charge in [-0.25, -0.2) is 9.98 Å². The van der Waals surface area contributed by atoms with E-state index in [-0.39, 0.29) is 0 Å². The van der Waals surface area contributed by atoms with E-state index in [1.165, 1.54) is 10.4 Å². The van der Waals surface area contributed by atoms with Gasteiger partial charge in [0.2, 0.25) is 0 Å². The third-order valence-electron chi connectivity index (χ3n) is 3.01. The Morgan fingerprint density at radius 3 is 2.85 bits per heavy atom. The topological polar surface area (TPSA) is 63.3 Å². The summed E-state index contributed by atoms with van der Waals surface area (Å²) in [5.74, 6) is 0.420. The van der Waals surface area contributed by atoms with Crippen molar-refractivity contribution >= 4 is 23.0 Å². The van der Waals surface area contributed by atoms with E-state index in [1.54, 1.807) is 11.3 Å². The third-order valence-corrected chi connectivity index (χ3v) is 3.93. The monoisotopic (exact) mass is 288 g/mol. The molecule has 20 heavy (non-hydrogen) atoms. The number of nitrogens with one attached hydrogen (secondary N) is 1. The van der Waals surface area contributed by atoms with Crippen LogP contribution >= 0.6 is 11.3 Å². The first-order chi connectivity index (χ1) is 9.58. The predicted octanol–water partition coefficient (Wildman–Crippen LogP) is 3.25. The first-order valence-corrected chi connectivity index (χ1v) is 7.49. The van der Waals surface area contributed by atoms with Gasteiger partial charge in [-0.05, 0) is 38.0 Å². The van der Waals surface area contributed by atoms with Crippen molar-refractivity contribution in [3.05, 3.63) is 45.4 Å². The molecule has 0 fully saturated rings. The maximum absolute atomic E-state index is 5.92. The van der Waals surface area contributed by atoms with Crippen molar-refractivity contribution in [3.8, 4) is 0 Å². The van der Waals surface area contributed by atoms with E-state index in [0.717, 1.165) is 22.8 Å². The lowest BCUT2D eigenvalue weighted by molar-refractivity contribution is 0.980. The van der Waals surface area contributed by atoms with Crippen LogP contribution in [0.15, 0.2) is 29.3 Å². The molecule has 4 nitrogen and oxygen atoms in total. The molecule has 0 atom stereocenters. The second-order valence-corrected chi connectivity index (χ2v) is 6.02. The highest BCUT2D eigenvalue weighted by Crippen LogP contribution is 2.17. The van der Waals surface area contributed by atoms with E-state index in [9.17, 15) is 0 Å². The van der Waals surface area contributed by atoms with Crippen LogP contribution in [0.1, 0.15) is 28.1 Å². The molecule has 0 radical (unpaired) electrons. The summed E-state index contributed by atoms with van der Waals surface area (Å²) in [6.45, 7) is 6.71. The average Bonchev–Trinajstić information content (AvgIpc) is 2.75. The average molecular weight is 288 g/mol. The molecule has 0 spiro atoms. The van der Waals surface area contributed by atoms with E-state index in [4.69, 9.17) is 5.73 Å². The molecular formula is C15H20N4S. The molecule has 106 valence electrons. The van der Waals surface area contributed by atoms with Gasteiger partial charge < -0.3 is 11.1 Å². The molecule has 0 aliphatic rings. The number of rotatable bonds is 4. The van der Waals surface area contributed by atoms with E-state index in [1.807, 2.05) is 19.1 Å².